The van der Waals surface area contributed by atoms with Crippen molar-refractivity contribution in [3.8, 4) is 34.3 Å². The third-order valence-electron chi connectivity index (χ3n) is 6.03. The van der Waals surface area contributed by atoms with E-state index in [1.807, 2.05) is 66.7 Å². The predicted molar refractivity (Wildman–Crippen MR) is 141 cm³/mol. The molecule has 40 heavy (non-hydrogen) atoms. The molecule has 0 saturated carbocycles. The summed E-state index contributed by atoms with van der Waals surface area (Å²) in [7, 11) is 0. The number of aliphatic carboxylic acids is 1. The van der Waals surface area contributed by atoms with E-state index in [1.54, 1.807) is 6.07 Å². The van der Waals surface area contributed by atoms with Crippen LogP contribution in [-0.4, -0.2) is 22.5 Å². The summed E-state index contributed by atoms with van der Waals surface area (Å²) in [5.74, 6) is -1.13. The fourth-order valence-corrected chi connectivity index (χ4v) is 4.03. The Hall–Kier alpha value is -3.85. The topological polar surface area (TPSA) is 84.4 Å². The summed E-state index contributed by atoms with van der Waals surface area (Å²) in [5.41, 5.74) is 2.46. The van der Waals surface area contributed by atoms with Gasteiger partial charge in [0.1, 0.15) is 24.0 Å². The molecule has 0 radical (unpaired) electrons. The molecule has 0 atom stereocenters. The molecular formula is C31H23F2N2NaO4. The predicted octanol–water partition coefficient (Wildman–Crippen LogP) is 2.73. The molecule has 0 fully saturated rings. The number of aromatic nitrogens is 2. The minimum Gasteiger partial charge on any atom is -0.550 e. The van der Waals surface area contributed by atoms with Crippen molar-refractivity contribution < 1.29 is 57.7 Å². The van der Waals surface area contributed by atoms with Crippen molar-refractivity contribution >= 4 is 16.7 Å². The number of carboxylic acids is 1. The molecule has 196 valence electrons. The van der Waals surface area contributed by atoms with Crippen LogP contribution >= 0.6 is 0 Å². The molecule has 4 aromatic carbocycles. The van der Waals surface area contributed by atoms with Gasteiger partial charge in [0.25, 0.3) is 0 Å². The zero-order chi connectivity index (χ0) is 27.2. The van der Waals surface area contributed by atoms with Crippen LogP contribution in [0.15, 0.2) is 91.0 Å². The van der Waals surface area contributed by atoms with E-state index in [1.165, 1.54) is 12.1 Å². The third-order valence-corrected chi connectivity index (χ3v) is 6.03. The molecule has 9 heteroatoms. The van der Waals surface area contributed by atoms with E-state index < -0.39 is 17.6 Å². The maximum absolute atomic E-state index is 14.1. The van der Waals surface area contributed by atoms with Crippen molar-refractivity contribution in [2.45, 2.75) is 19.4 Å². The van der Waals surface area contributed by atoms with Crippen molar-refractivity contribution in [2.75, 3.05) is 6.61 Å². The van der Waals surface area contributed by atoms with E-state index in [-0.39, 0.29) is 60.6 Å². The quantitative estimate of drug-likeness (QED) is 0.197. The summed E-state index contributed by atoms with van der Waals surface area (Å²) in [4.78, 5) is 19.9. The van der Waals surface area contributed by atoms with Crippen LogP contribution in [0.1, 0.15) is 18.4 Å². The van der Waals surface area contributed by atoms with Crippen LogP contribution in [0, 0.1) is 11.6 Å². The molecular weight excluding hydrogens is 525 g/mol. The average molecular weight is 549 g/mol. The first-order chi connectivity index (χ1) is 18.9. The smallest absolute Gasteiger partial charge is 0.550 e. The fraction of sp³-hybridized carbons (Fsp3) is 0.129. The summed E-state index contributed by atoms with van der Waals surface area (Å²) in [6, 6.07) is 25.9. The number of fused-ring (bicyclic) bond motifs is 1. The summed E-state index contributed by atoms with van der Waals surface area (Å²) < 4.78 is 38.9. The number of carbonyl (C=O) groups is 1. The average Bonchev–Trinajstić information content (AvgIpc) is 2.95. The largest absolute Gasteiger partial charge is 1.00 e. The van der Waals surface area contributed by atoms with Crippen LogP contribution in [0.25, 0.3) is 33.4 Å². The van der Waals surface area contributed by atoms with Gasteiger partial charge in [-0.05, 0) is 53.9 Å². The number of hydrogen-bond acceptors (Lipinski definition) is 6. The van der Waals surface area contributed by atoms with Crippen LogP contribution in [0.5, 0.6) is 11.6 Å². The van der Waals surface area contributed by atoms with Crippen molar-refractivity contribution in [2.24, 2.45) is 0 Å². The SMILES string of the molecule is O=C([O-])CCCOc1ccc2cc(-c3nc(OCc4ccc(F)cc4F)cc(-c4ccccc4)n3)ccc2c1.[Na+]. The molecule has 0 spiro atoms. The summed E-state index contributed by atoms with van der Waals surface area (Å²) >= 11 is 0. The minimum atomic E-state index is -1.10. The van der Waals surface area contributed by atoms with E-state index in [9.17, 15) is 18.7 Å². The third kappa shape index (κ3) is 7.41. The number of benzene rings is 4. The summed E-state index contributed by atoms with van der Waals surface area (Å²) in [6.07, 6.45) is 0.316. The Morgan fingerprint density at radius 1 is 0.800 bits per heavy atom. The second-order valence-corrected chi connectivity index (χ2v) is 8.85. The fourth-order valence-electron chi connectivity index (χ4n) is 4.03. The molecule has 1 heterocycles. The zero-order valence-electron chi connectivity index (χ0n) is 21.8. The van der Waals surface area contributed by atoms with Crippen LogP contribution in [0.3, 0.4) is 0 Å². The second-order valence-electron chi connectivity index (χ2n) is 8.85. The summed E-state index contributed by atoms with van der Waals surface area (Å²) in [5, 5.41) is 12.4. The van der Waals surface area contributed by atoms with Gasteiger partial charge < -0.3 is 19.4 Å². The van der Waals surface area contributed by atoms with E-state index >= 15 is 0 Å². The van der Waals surface area contributed by atoms with Gasteiger partial charge in [-0.3, -0.25) is 0 Å². The number of rotatable bonds is 10. The molecule has 5 aromatic rings. The number of hydrogen-bond donors (Lipinski definition) is 0. The van der Waals surface area contributed by atoms with Gasteiger partial charge in [-0.25, -0.2) is 13.8 Å². The number of carbonyl (C=O) groups excluding carboxylic acids is 1. The van der Waals surface area contributed by atoms with Crippen molar-refractivity contribution in [1.29, 1.82) is 0 Å². The Morgan fingerprint density at radius 3 is 2.35 bits per heavy atom. The molecule has 0 bridgehead atoms. The Balaban J connectivity index is 0.00000370. The minimum absolute atomic E-state index is 0. The van der Waals surface area contributed by atoms with E-state index in [2.05, 4.69) is 4.98 Å². The standard InChI is InChI=1S/C31H24F2N2O4.Na/c32-25-12-10-24(27(33)17-25)19-39-29-18-28(20-5-2-1-3-6-20)34-31(35-29)23-9-8-22-16-26(13-11-21(22)15-23)38-14-4-7-30(36)37;/h1-3,5-6,8-13,15-18H,4,7,14,19H2,(H,36,37);/q;+1/p-1. The first-order valence-corrected chi connectivity index (χ1v) is 12.3. The molecule has 0 amide bonds. The van der Waals surface area contributed by atoms with Crippen LogP contribution in [0.4, 0.5) is 8.78 Å². The van der Waals surface area contributed by atoms with Crippen molar-refractivity contribution in [3.63, 3.8) is 0 Å². The van der Waals surface area contributed by atoms with Gasteiger partial charge in [-0.15, -0.1) is 0 Å². The van der Waals surface area contributed by atoms with Crippen LogP contribution in [0.2, 0.25) is 0 Å². The molecule has 1 aromatic heterocycles. The number of halogens is 2. The number of carboxylic acid groups (broad SMARTS) is 1. The Morgan fingerprint density at radius 2 is 1.57 bits per heavy atom. The molecule has 5 rings (SSSR count). The van der Waals surface area contributed by atoms with Gasteiger partial charge in [0, 0.05) is 34.8 Å². The molecule has 6 nitrogen and oxygen atoms in total. The van der Waals surface area contributed by atoms with Gasteiger partial charge in [-0.1, -0.05) is 48.5 Å². The van der Waals surface area contributed by atoms with E-state index in [0.29, 0.717) is 23.7 Å². The van der Waals surface area contributed by atoms with Gasteiger partial charge >= 0.3 is 29.6 Å². The van der Waals surface area contributed by atoms with Crippen molar-refractivity contribution in [3.05, 3.63) is 108 Å². The molecule has 0 N–H and O–H groups in total. The molecule has 0 aliphatic rings. The summed E-state index contributed by atoms with van der Waals surface area (Å²) in [6.45, 7) is 0.155. The Bertz CT molecular complexity index is 1630. The maximum Gasteiger partial charge on any atom is 1.00 e. The van der Waals surface area contributed by atoms with Gasteiger partial charge in [0.05, 0.1) is 12.3 Å². The monoisotopic (exact) mass is 548 g/mol. The Kier molecular flexibility index (Phi) is 9.82. The van der Waals surface area contributed by atoms with Crippen LogP contribution in [-0.2, 0) is 11.4 Å². The van der Waals surface area contributed by atoms with Crippen molar-refractivity contribution in [1.82, 2.24) is 9.97 Å². The number of nitrogens with zero attached hydrogens (tertiary/aromatic N) is 2. The molecule has 0 saturated heterocycles. The number of ether oxygens (including phenoxy) is 2. The van der Waals surface area contributed by atoms with Gasteiger partial charge in [-0.2, -0.15) is 4.98 Å². The Labute approximate surface area is 251 Å². The molecule has 0 aliphatic heterocycles. The van der Waals surface area contributed by atoms with Gasteiger partial charge in [0.15, 0.2) is 5.82 Å². The van der Waals surface area contributed by atoms with Crippen LogP contribution < -0.4 is 44.1 Å². The zero-order valence-corrected chi connectivity index (χ0v) is 23.8. The first-order valence-electron chi connectivity index (χ1n) is 12.3. The second kappa shape index (κ2) is 13.5. The van der Waals surface area contributed by atoms with E-state index in [0.717, 1.165) is 28.0 Å². The molecule has 0 aliphatic carbocycles. The molecule has 0 unspecified atom stereocenters. The van der Waals surface area contributed by atoms with Gasteiger partial charge in [0.2, 0.25) is 5.88 Å². The normalized spacial score (nSPS) is 10.7. The maximum atomic E-state index is 14.1. The van der Waals surface area contributed by atoms with E-state index in [4.69, 9.17) is 14.5 Å². The first kappa shape index (κ1) is 29.1.